The summed E-state index contributed by atoms with van der Waals surface area (Å²) in [5, 5.41) is 7.95. The summed E-state index contributed by atoms with van der Waals surface area (Å²) >= 11 is 5.90. The molecule has 1 amide bonds. The molecule has 1 unspecified atom stereocenters. The average Bonchev–Trinajstić information content (AvgIpc) is 2.68. The fourth-order valence-corrected chi connectivity index (χ4v) is 2.87. The van der Waals surface area contributed by atoms with Gasteiger partial charge in [0.1, 0.15) is 0 Å². The minimum absolute atomic E-state index is 0.0144. The van der Waals surface area contributed by atoms with Gasteiger partial charge in [-0.15, -0.1) is 0 Å². The summed E-state index contributed by atoms with van der Waals surface area (Å²) in [4.78, 5) is 37.4. The van der Waals surface area contributed by atoms with E-state index >= 15 is 0 Å². The predicted molar refractivity (Wildman–Crippen MR) is 107 cm³/mol. The second kappa shape index (κ2) is 8.22. The molecule has 0 aliphatic carbocycles. The van der Waals surface area contributed by atoms with Gasteiger partial charge in [-0.25, -0.2) is 9.48 Å². The van der Waals surface area contributed by atoms with Crippen LogP contribution in [0.15, 0.2) is 53.3 Å². The van der Waals surface area contributed by atoms with Crippen LogP contribution in [-0.2, 0) is 16.1 Å². The number of amides is 1. The number of hydrogen-bond acceptors (Lipinski definition) is 5. The fourth-order valence-electron chi connectivity index (χ4n) is 2.68. The highest BCUT2D eigenvalue weighted by Crippen LogP contribution is 2.17. The van der Waals surface area contributed by atoms with Crippen LogP contribution in [0.4, 0.5) is 5.69 Å². The third-order valence-corrected chi connectivity index (χ3v) is 4.34. The molecule has 0 saturated carbocycles. The van der Waals surface area contributed by atoms with Gasteiger partial charge in [0.25, 0.3) is 11.5 Å². The largest absolute Gasteiger partial charge is 0.448 e. The monoisotopic (exact) mass is 399 g/mol. The highest BCUT2D eigenvalue weighted by Gasteiger charge is 2.23. The number of aryl methyl sites for hydroxylation is 1. The van der Waals surface area contributed by atoms with Crippen LogP contribution in [0.2, 0.25) is 5.02 Å². The number of fused-ring (bicyclic) bond motifs is 1. The standard InChI is InChI=1S/C20H18ClN3O4/c1-3-24-19(26)16-10-5-4-9-15(16)17(23-24)20(27)28-12(2)18(25)22-14-8-6-7-13(21)11-14/h4-12H,3H2,1-2H3,(H,22,25). The van der Waals surface area contributed by atoms with Gasteiger partial charge in [-0.3, -0.25) is 9.59 Å². The Morgan fingerprint density at radius 2 is 1.89 bits per heavy atom. The van der Waals surface area contributed by atoms with Crippen LogP contribution in [0.3, 0.4) is 0 Å². The lowest BCUT2D eigenvalue weighted by Gasteiger charge is -2.15. The molecule has 144 valence electrons. The number of benzene rings is 2. The molecule has 8 heteroatoms. The van der Waals surface area contributed by atoms with Crippen molar-refractivity contribution >= 4 is 39.9 Å². The molecule has 0 fully saturated rings. The van der Waals surface area contributed by atoms with Gasteiger partial charge in [0.05, 0.1) is 5.39 Å². The lowest BCUT2D eigenvalue weighted by atomic mass is 10.1. The number of anilines is 1. The topological polar surface area (TPSA) is 90.3 Å². The zero-order chi connectivity index (χ0) is 20.3. The molecule has 1 aromatic heterocycles. The first-order valence-corrected chi connectivity index (χ1v) is 9.05. The number of carbonyl (C=O) groups excluding carboxylic acids is 2. The smallest absolute Gasteiger partial charge is 0.360 e. The van der Waals surface area contributed by atoms with Gasteiger partial charge >= 0.3 is 5.97 Å². The van der Waals surface area contributed by atoms with Crippen LogP contribution >= 0.6 is 11.6 Å². The quantitative estimate of drug-likeness (QED) is 0.665. The minimum Gasteiger partial charge on any atom is -0.448 e. The Hall–Kier alpha value is -3.19. The first kappa shape index (κ1) is 19.6. The maximum atomic E-state index is 12.7. The molecule has 0 radical (unpaired) electrons. The maximum Gasteiger partial charge on any atom is 0.360 e. The normalized spacial score (nSPS) is 11.8. The van der Waals surface area contributed by atoms with E-state index in [1.165, 1.54) is 11.6 Å². The van der Waals surface area contributed by atoms with Crippen molar-refractivity contribution in [2.45, 2.75) is 26.5 Å². The van der Waals surface area contributed by atoms with Crippen LogP contribution in [0.1, 0.15) is 24.3 Å². The summed E-state index contributed by atoms with van der Waals surface area (Å²) in [6.45, 7) is 3.50. The van der Waals surface area contributed by atoms with E-state index in [0.717, 1.165) is 0 Å². The second-order valence-electron chi connectivity index (χ2n) is 6.06. The van der Waals surface area contributed by atoms with Crippen LogP contribution in [0, 0.1) is 0 Å². The van der Waals surface area contributed by atoms with Crippen molar-refractivity contribution < 1.29 is 14.3 Å². The molecule has 1 N–H and O–H groups in total. The zero-order valence-corrected chi connectivity index (χ0v) is 16.1. The van der Waals surface area contributed by atoms with E-state index in [0.29, 0.717) is 28.0 Å². The third kappa shape index (κ3) is 4.04. The number of esters is 1. The van der Waals surface area contributed by atoms with Gasteiger partial charge in [0.2, 0.25) is 0 Å². The van der Waals surface area contributed by atoms with Crippen molar-refractivity contribution in [3.05, 3.63) is 69.6 Å². The molecule has 1 heterocycles. The number of aromatic nitrogens is 2. The summed E-state index contributed by atoms with van der Waals surface area (Å²) in [5.41, 5.74) is 0.185. The van der Waals surface area contributed by atoms with E-state index in [-0.39, 0.29) is 11.3 Å². The molecule has 1 atom stereocenters. The lowest BCUT2D eigenvalue weighted by molar-refractivity contribution is -0.123. The van der Waals surface area contributed by atoms with Gasteiger partial charge in [0.15, 0.2) is 11.8 Å². The Bertz CT molecular complexity index is 1110. The van der Waals surface area contributed by atoms with Crippen molar-refractivity contribution in [1.82, 2.24) is 9.78 Å². The molecule has 0 aliphatic heterocycles. The molecule has 3 rings (SSSR count). The van der Waals surface area contributed by atoms with Gasteiger partial charge < -0.3 is 10.1 Å². The van der Waals surface area contributed by atoms with Gasteiger partial charge in [-0.1, -0.05) is 35.9 Å². The van der Waals surface area contributed by atoms with Crippen LogP contribution < -0.4 is 10.9 Å². The Balaban J connectivity index is 1.83. The van der Waals surface area contributed by atoms with E-state index in [9.17, 15) is 14.4 Å². The second-order valence-corrected chi connectivity index (χ2v) is 6.50. The average molecular weight is 400 g/mol. The van der Waals surface area contributed by atoms with Gasteiger partial charge in [-0.05, 0) is 38.1 Å². The van der Waals surface area contributed by atoms with E-state index in [4.69, 9.17) is 16.3 Å². The van der Waals surface area contributed by atoms with Crippen LogP contribution in [0.5, 0.6) is 0 Å². The van der Waals surface area contributed by atoms with E-state index in [1.54, 1.807) is 55.5 Å². The number of hydrogen-bond donors (Lipinski definition) is 1. The van der Waals surface area contributed by atoms with E-state index in [1.807, 2.05) is 0 Å². The van der Waals surface area contributed by atoms with E-state index in [2.05, 4.69) is 10.4 Å². The number of nitrogens with zero attached hydrogens (tertiary/aromatic N) is 2. The summed E-state index contributed by atoms with van der Waals surface area (Å²) in [5.74, 6) is -1.30. The molecule has 2 aromatic carbocycles. The number of carbonyl (C=O) groups is 2. The first-order chi connectivity index (χ1) is 13.4. The third-order valence-electron chi connectivity index (χ3n) is 4.11. The molecule has 0 bridgehead atoms. The predicted octanol–water partition coefficient (Wildman–Crippen LogP) is 3.25. The number of ether oxygens (including phenoxy) is 1. The van der Waals surface area contributed by atoms with Crippen LogP contribution in [0.25, 0.3) is 10.8 Å². The molecule has 3 aromatic rings. The fraction of sp³-hybridized carbons (Fsp3) is 0.200. The molecule has 0 aliphatic rings. The Kier molecular flexibility index (Phi) is 5.75. The van der Waals surface area contributed by atoms with Crippen molar-refractivity contribution in [2.24, 2.45) is 0 Å². The van der Waals surface area contributed by atoms with E-state index < -0.39 is 18.0 Å². The molecule has 28 heavy (non-hydrogen) atoms. The Labute approximate surface area is 165 Å². The molecule has 7 nitrogen and oxygen atoms in total. The highest BCUT2D eigenvalue weighted by molar-refractivity contribution is 6.30. The van der Waals surface area contributed by atoms with Crippen molar-refractivity contribution in [1.29, 1.82) is 0 Å². The SMILES string of the molecule is CCn1nc(C(=O)OC(C)C(=O)Nc2cccc(Cl)c2)c2ccccc2c1=O. The molecular weight excluding hydrogens is 382 g/mol. The highest BCUT2D eigenvalue weighted by atomic mass is 35.5. The molecule has 0 saturated heterocycles. The Morgan fingerprint density at radius 3 is 2.57 bits per heavy atom. The summed E-state index contributed by atoms with van der Waals surface area (Å²) < 4.78 is 6.48. The Morgan fingerprint density at radius 1 is 1.18 bits per heavy atom. The van der Waals surface area contributed by atoms with Crippen molar-refractivity contribution in [2.75, 3.05) is 5.32 Å². The minimum atomic E-state index is -1.07. The van der Waals surface area contributed by atoms with Crippen molar-refractivity contribution in [3.8, 4) is 0 Å². The number of halogens is 1. The summed E-state index contributed by atoms with van der Waals surface area (Å²) in [6.07, 6.45) is -1.07. The molecule has 0 spiro atoms. The van der Waals surface area contributed by atoms with Crippen molar-refractivity contribution in [3.63, 3.8) is 0 Å². The molecular formula is C20H18ClN3O4. The zero-order valence-electron chi connectivity index (χ0n) is 15.3. The van der Waals surface area contributed by atoms with Gasteiger partial charge in [-0.2, -0.15) is 5.10 Å². The summed E-state index contributed by atoms with van der Waals surface area (Å²) in [6, 6.07) is 13.3. The first-order valence-electron chi connectivity index (χ1n) is 8.68. The lowest BCUT2D eigenvalue weighted by Crippen LogP contribution is -2.31. The van der Waals surface area contributed by atoms with Crippen LogP contribution in [-0.4, -0.2) is 27.8 Å². The summed E-state index contributed by atoms with van der Waals surface area (Å²) in [7, 11) is 0. The van der Waals surface area contributed by atoms with Gasteiger partial charge in [0, 0.05) is 22.6 Å². The number of nitrogens with one attached hydrogen (secondary N) is 1. The maximum absolute atomic E-state index is 12.7. The number of rotatable bonds is 5.